The number of amides is 1. The van der Waals surface area contributed by atoms with Gasteiger partial charge in [0.25, 0.3) is 5.91 Å². The second kappa shape index (κ2) is 5.55. The van der Waals surface area contributed by atoms with Crippen molar-refractivity contribution in [2.24, 2.45) is 7.05 Å². The van der Waals surface area contributed by atoms with Crippen molar-refractivity contribution < 1.29 is 4.79 Å². The van der Waals surface area contributed by atoms with E-state index in [0.717, 1.165) is 24.2 Å². The molecule has 6 nitrogen and oxygen atoms in total. The Labute approximate surface area is 122 Å². The summed E-state index contributed by atoms with van der Waals surface area (Å²) in [5.41, 5.74) is 0.537. The van der Waals surface area contributed by atoms with Crippen LogP contribution >= 0.6 is 0 Å². The van der Waals surface area contributed by atoms with Crippen LogP contribution in [0.4, 0.5) is 0 Å². The molecule has 1 saturated heterocycles. The molecule has 21 heavy (non-hydrogen) atoms. The number of rotatable bonds is 2. The molecule has 1 fully saturated rings. The Morgan fingerprint density at radius 1 is 1.24 bits per heavy atom. The van der Waals surface area contributed by atoms with Crippen molar-refractivity contribution in [3.05, 3.63) is 52.2 Å². The van der Waals surface area contributed by atoms with Crippen molar-refractivity contribution in [1.29, 1.82) is 0 Å². The number of piperidine rings is 1. The van der Waals surface area contributed by atoms with Crippen molar-refractivity contribution in [2.45, 2.75) is 18.8 Å². The van der Waals surface area contributed by atoms with Crippen LogP contribution in [-0.2, 0) is 7.05 Å². The Morgan fingerprint density at radius 3 is 2.48 bits per heavy atom. The fourth-order valence-electron chi connectivity index (χ4n) is 2.73. The van der Waals surface area contributed by atoms with E-state index in [9.17, 15) is 9.59 Å². The molecule has 0 radical (unpaired) electrons. The van der Waals surface area contributed by atoms with Gasteiger partial charge in [0.15, 0.2) is 0 Å². The Hall–Kier alpha value is -2.37. The molecule has 0 aliphatic carbocycles. The normalized spacial score (nSPS) is 16.1. The maximum absolute atomic E-state index is 12.3. The summed E-state index contributed by atoms with van der Waals surface area (Å²) in [4.78, 5) is 28.4. The molecule has 1 aromatic heterocycles. The van der Waals surface area contributed by atoms with Gasteiger partial charge in [0.2, 0.25) is 0 Å². The summed E-state index contributed by atoms with van der Waals surface area (Å²) in [7, 11) is 1.64. The Bertz CT molecular complexity index is 681. The number of nitrogens with one attached hydrogen (secondary N) is 1. The average molecular weight is 286 g/mol. The van der Waals surface area contributed by atoms with E-state index in [4.69, 9.17) is 0 Å². The van der Waals surface area contributed by atoms with Crippen molar-refractivity contribution in [1.82, 2.24) is 19.7 Å². The van der Waals surface area contributed by atoms with Gasteiger partial charge in [0.1, 0.15) is 5.82 Å². The van der Waals surface area contributed by atoms with Crippen LogP contribution in [0.2, 0.25) is 0 Å². The number of likely N-dealkylation sites (tertiary alicyclic amines) is 1. The first kappa shape index (κ1) is 13.6. The van der Waals surface area contributed by atoms with E-state index in [1.807, 2.05) is 35.2 Å². The van der Waals surface area contributed by atoms with Crippen molar-refractivity contribution in [3.8, 4) is 0 Å². The standard InChI is InChI=1S/C15H18N4O2/c1-18-15(21)16-13(17-18)11-7-9-19(10-8-11)14(20)12-5-3-2-4-6-12/h2-6,11H,7-10H2,1H3,(H,16,17,21). The van der Waals surface area contributed by atoms with Crippen molar-refractivity contribution in [2.75, 3.05) is 13.1 Å². The highest BCUT2D eigenvalue weighted by atomic mass is 16.2. The van der Waals surface area contributed by atoms with Crippen molar-refractivity contribution in [3.63, 3.8) is 0 Å². The van der Waals surface area contributed by atoms with Gasteiger partial charge < -0.3 is 4.90 Å². The number of carbonyl (C=O) groups excluding carboxylic acids is 1. The molecule has 1 aliphatic heterocycles. The average Bonchev–Trinajstić information content (AvgIpc) is 2.87. The summed E-state index contributed by atoms with van der Waals surface area (Å²) in [6.45, 7) is 1.38. The molecule has 0 saturated carbocycles. The third kappa shape index (κ3) is 2.74. The summed E-state index contributed by atoms with van der Waals surface area (Å²) in [6, 6.07) is 9.33. The molecule has 1 aliphatic rings. The van der Waals surface area contributed by atoms with Crippen LogP contribution in [0.1, 0.15) is 34.9 Å². The monoisotopic (exact) mass is 286 g/mol. The second-order valence-corrected chi connectivity index (χ2v) is 5.37. The molecule has 1 N–H and O–H groups in total. The minimum absolute atomic E-state index is 0.0727. The topological polar surface area (TPSA) is 71.0 Å². The van der Waals surface area contributed by atoms with Crippen LogP contribution in [-0.4, -0.2) is 38.7 Å². The van der Waals surface area contributed by atoms with Gasteiger partial charge in [-0.1, -0.05) is 18.2 Å². The summed E-state index contributed by atoms with van der Waals surface area (Å²) in [5, 5.41) is 4.21. The SMILES string of the molecule is Cn1nc(C2CCN(C(=O)c3ccccc3)CC2)[nH]c1=O. The zero-order chi connectivity index (χ0) is 14.8. The first-order valence-corrected chi connectivity index (χ1v) is 7.12. The molecule has 0 atom stereocenters. The zero-order valence-electron chi connectivity index (χ0n) is 12.0. The lowest BCUT2D eigenvalue weighted by Gasteiger charge is -2.31. The van der Waals surface area contributed by atoms with E-state index < -0.39 is 0 Å². The lowest BCUT2D eigenvalue weighted by molar-refractivity contribution is 0.0711. The third-order valence-corrected chi connectivity index (χ3v) is 3.98. The molecule has 2 aromatic rings. The quantitative estimate of drug-likeness (QED) is 0.899. The van der Waals surface area contributed by atoms with Gasteiger partial charge in [-0.3, -0.25) is 9.78 Å². The van der Waals surface area contributed by atoms with Gasteiger partial charge in [0.05, 0.1) is 0 Å². The van der Waals surface area contributed by atoms with Gasteiger partial charge in [-0.15, -0.1) is 0 Å². The Morgan fingerprint density at radius 2 is 1.90 bits per heavy atom. The van der Waals surface area contributed by atoms with Crippen LogP contribution in [0, 0.1) is 0 Å². The van der Waals surface area contributed by atoms with Gasteiger partial charge >= 0.3 is 5.69 Å². The predicted molar refractivity (Wildman–Crippen MR) is 78.1 cm³/mol. The highest BCUT2D eigenvalue weighted by Crippen LogP contribution is 2.25. The second-order valence-electron chi connectivity index (χ2n) is 5.37. The molecule has 0 unspecified atom stereocenters. The molecule has 1 amide bonds. The Kier molecular flexibility index (Phi) is 3.60. The molecular weight excluding hydrogens is 268 g/mol. The minimum atomic E-state index is -0.187. The van der Waals surface area contributed by atoms with E-state index in [1.165, 1.54) is 4.68 Å². The van der Waals surface area contributed by atoms with Crippen LogP contribution in [0.25, 0.3) is 0 Å². The number of hydrogen-bond acceptors (Lipinski definition) is 3. The third-order valence-electron chi connectivity index (χ3n) is 3.98. The molecule has 1 aromatic carbocycles. The van der Waals surface area contributed by atoms with E-state index in [2.05, 4.69) is 10.1 Å². The summed E-state index contributed by atoms with van der Waals surface area (Å²) >= 11 is 0. The van der Waals surface area contributed by atoms with Gasteiger partial charge in [-0.2, -0.15) is 5.10 Å². The minimum Gasteiger partial charge on any atom is -0.339 e. The smallest absolute Gasteiger partial charge is 0.339 e. The number of nitrogens with zero attached hydrogens (tertiary/aromatic N) is 3. The molecule has 2 heterocycles. The fraction of sp³-hybridized carbons (Fsp3) is 0.400. The molecule has 6 heteroatoms. The number of aromatic nitrogens is 3. The summed E-state index contributed by atoms with van der Waals surface area (Å²) in [6.07, 6.45) is 1.65. The number of carbonyl (C=O) groups is 1. The lowest BCUT2D eigenvalue weighted by atomic mass is 9.95. The van der Waals surface area contributed by atoms with E-state index in [1.54, 1.807) is 7.05 Å². The maximum atomic E-state index is 12.3. The maximum Gasteiger partial charge on any atom is 0.343 e. The lowest BCUT2D eigenvalue weighted by Crippen LogP contribution is -2.38. The predicted octanol–water partition coefficient (Wildman–Crippen LogP) is 1.13. The first-order chi connectivity index (χ1) is 10.1. The number of hydrogen-bond donors (Lipinski definition) is 1. The number of H-pyrrole nitrogens is 1. The molecule has 0 bridgehead atoms. The summed E-state index contributed by atoms with van der Waals surface area (Å²) in [5.74, 6) is 1.02. The highest BCUT2D eigenvalue weighted by molar-refractivity contribution is 5.94. The first-order valence-electron chi connectivity index (χ1n) is 7.12. The largest absolute Gasteiger partial charge is 0.343 e. The number of benzene rings is 1. The van der Waals surface area contributed by atoms with Gasteiger partial charge in [-0.25, -0.2) is 9.48 Å². The van der Waals surface area contributed by atoms with Gasteiger partial charge in [-0.05, 0) is 25.0 Å². The van der Waals surface area contributed by atoms with E-state index >= 15 is 0 Å². The number of aromatic amines is 1. The van der Waals surface area contributed by atoms with Gasteiger partial charge in [0, 0.05) is 31.6 Å². The van der Waals surface area contributed by atoms with Crippen LogP contribution < -0.4 is 5.69 Å². The Balaban J connectivity index is 1.65. The highest BCUT2D eigenvalue weighted by Gasteiger charge is 2.26. The molecule has 0 spiro atoms. The molecule has 110 valence electrons. The summed E-state index contributed by atoms with van der Waals surface area (Å²) < 4.78 is 1.32. The number of aryl methyl sites for hydroxylation is 1. The van der Waals surface area contributed by atoms with E-state index in [0.29, 0.717) is 13.1 Å². The molecular formula is C15H18N4O2. The molecule has 3 rings (SSSR count). The van der Waals surface area contributed by atoms with Crippen LogP contribution in [0.15, 0.2) is 35.1 Å². The zero-order valence-corrected chi connectivity index (χ0v) is 12.0. The van der Waals surface area contributed by atoms with Crippen LogP contribution in [0.3, 0.4) is 0 Å². The van der Waals surface area contributed by atoms with Crippen molar-refractivity contribution >= 4 is 5.91 Å². The van der Waals surface area contributed by atoms with E-state index in [-0.39, 0.29) is 17.5 Å². The van der Waals surface area contributed by atoms with Crippen LogP contribution in [0.5, 0.6) is 0 Å². The fourth-order valence-corrected chi connectivity index (χ4v) is 2.73.